The summed E-state index contributed by atoms with van der Waals surface area (Å²) >= 11 is 1.62. The number of nitrogens with one attached hydrogen (secondary N) is 1. The zero-order valence-corrected chi connectivity index (χ0v) is 15.0. The Morgan fingerprint density at radius 2 is 1.81 bits per heavy atom. The summed E-state index contributed by atoms with van der Waals surface area (Å²) < 4.78 is 5.97. The third-order valence-electron chi connectivity index (χ3n) is 3.89. The molecule has 1 unspecified atom stereocenters. The number of hydrogen-bond donors (Lipinski definition) is 5. The second kappa shape index (κ2) is 7.99. The normalized spacial score (nSPS) is 11.9. The van der Waals surface area contributed by atoms with Crippen LogP contribution in [0.3, 0.4) is 0 Å². The number of benzene rings is 2. The standard InChI is InChI=1S/C19H22N4O2S/c20-13-1-3-17(15(9-13)12-6-8-26-11-12)23-19(5-7-24)25-18-4-2-14(21)10-16(18)22/h1-4,6,8-11,19,23-24H,5,7,20-22H2. The maximum atomic E-state index is 9.41. The van der Waals surface area contributed by atoms with Gasteiger partial charge in [-0.2, -0.15) is 11.3 Å². The number of ether oxygens (including phenoxy) is 1. The van der Waals surface area contributed by atoms with E-state index in [0.29, 0.717) is 29.2 Å². The Hall–Kier alpha value is -2.90. The van der Waals surface area contributed by atoms with Crippen molar-refractivity contribution >= 4 is 34.1 Å². The van der Waals surface area contributed by atoms with E-state index in [0.717, 1.165) is 16.8 Å². The van der Waals surface area contributed by atoms with E-state index in [1.54, 1.807) is 29.5 Å². The Morgan fingerprint density at radius 1 is 1.04 bits per heavy atom. The highest BCUT2D eigenvalue weighted by Gasteiger charge is 2.15. The summed E-state index contributed by atoms with van der Waals surface area (Å²) in [4.78, 5) is 0. The first-order valence-corrected chi connectivity index (χ1v) is 9.12. The minimum atomic E-state index is -0.466. The SMILES string of the molecule is Nc1ccc(OC(CCO)Nc2ccc(N)cc2-c2ccsc2)c(N)c1. The maximum Gasteiger partial charge on any atom is 0.172 e. The van der Waals surface area contributed by atoms with Gasteiger partial charge in [-0.1, -0.05) is 0 Å². The van der Waals surface area contributed by atoms with E-state index in [4.69, 9.17) is 21.9 Å². The van der Waals surface area contributed by atoms with Crippen molar-refractivity contribution in [1.29, 1.82) is 0 Å². The number of nitrogens with two attached hydrogens (primary N) is 3. The highest BCUT2D eigenvalue weighted by atomic mass is 32.1. The van der Waals surface area contributed by atoms with Crippen molar-refractivity contribution in [3.05, 3.63) is 53.2 Å². The van der Waals surface area contributed by atoms with Crippen LogP contribution in [0.5, 0.6) is 5.75 Å². The smallest absolute Gasteiger partial charge is 0.172 e. The van der Waals surface area contributed by atoms with E-state index >= 15 is 0 Å². The lowest BCUT2D eigenvalue weighted by molar-refractivity contribution is 0.176. The van der Waals surface area contributed by atoms with Gasteiger partial charge in [-0.05, 0) is 58.8 Å². The van der Waals surface area contributed by atoms with Gasteiger partial charge in [0.25, 0.3) is 0 Å². The third kappa shape index (κ3) is 4.19. The first-order valence-electron chi connectivity index (χ1n) is 8.18. The van der Waals surface area contributed by atoms with Gasteiger partial charge in [0.2, 0.25) is 0 Å². The molecule has 0 spiro atoms. The molecule has 8 N–H and O–H groups in total. The molecule has 0 fully saturated rings. The molecule has 0 saturated heterocycles. The quantitative estimate of drug-likeness (QED) is 0.321. The number of hydrogen-bond acceptors (Lipinski definition) is 7. The van der Waals surface area contributed by atoms with Gasteiger partial charge in [0.15, 0.2) is 6.23 Å². The van der Waals surface area contributed by atoms with Crippen LogP contribution < -0.4 is 27.3 Å². The number of anilines is 4. The van der Waals surface area contributed by atoms with Crippen LogP contribution >= 0.6 is 11.3 Å². The van der Waals surface area contributed by atoms with Crippen LogP contribution in [-0.2, 0) is 0 Å². The molecule has 0 aliphatic rings. The molecule has 0 radical (unpaired) electrons. The highest BCUT2D eigenvalue weighted by Crippen LogP contribution is 2.33. The minimum absolute atomic E-state index is 0.0324. The van der Waals surface area contributed by atoms with Crippen molar-refractivity contribution in [2.24, 2.45) is 0 Å². The molecule has 3 aromatic rings. The van der Waals surface area contributed by atoms with Crippen LogP contribution in [0.25, 0.3) is 11.1 Å². The summed E-state index contributed by atoms with van der Waals surface area (Å²) in [6.45, 7) is -0.0324. The van der Waals surface area contributed by atoms with Crippen molar-refractivity contribution in [1.82, 2.24) is 0 Å². The van der Waals surface area contributed by atoms with E-state index in [-0.39, 0.29) is 6.61 Å². The van der Waals surface area contributed by atoms with E-state index in [1.807, 2.05) is 29.6 Å². The van der Waals surface area contributed by atoms with Crippen LogP contribution in [0.15, 0.2) is 53.2 Å². The average molecular weight is 370 g/mol. The van der Waals surface area contributed by atoms with Gasteiger partial charge in [0.1, 0.15) is 5.75 Å². The third-order valence-corrected chi connectivity index (χ3v) is 4.57. The summed E-state index contributed by atoms with van der Waals surface area (Å²) in [6, 6.07) is 12.8. The molecule has 0 amide bonds. The zero-order valence-electron chi connectivity index (χ0n) is 14.2. The van der Waals surface area contributed by atoms with Gasteiger partial charge in [-0.15, -0.1) is 0 Å². The van der Waals surface area contributed by atoms with Crippen LogP contribution in [0.1, 0.15) is 6.42 Å². The number of aliphatic hydroxyl groups is 1. The fourth-order valence-electron chi connectivity index (χ4n) is 2.62. The number of aliphatic hydroxyl groups excluding tert-OH is 1. The van der Waals surface area contributed by atoms with Crippen molar-refractivity contribution in [3.8, 4) is 16.9 Å². The lowest BCUT2D eigenvalue weighted by atomic mass is 10.1. The summed E-state index contributed by atoms with van der Waals surface area (Å²) in [5.41, 5.74) is 22.3. The predicted octanol–water partition coefficient (Wildman–Crippen LogP) is 3.36. The molecule has 1 aromatic heterocycles. The highest BCUT2D eigenvalue weighted by molar-refractivity contribution is 7.08. The fourth-order valence-corrected chi connectivity index (χ4v) is 3.28. The maximum absolute atomic E-state index is 9.41. The van der Waals surface area contributed by atoms with Crippen LogP contribution in [0, 0.1) is 0 Å². The molecule has 3 rings (SSSR count). The predicted molar refractivity (Wildman–Crippen MR) is 109 cm³/mol. The lowest BCUT2D eigenvalue weighted by Crippen LogP contribution is -2.28. The van der Waals surface area contributed by atoms with Crippen LogP contribution in [0.4, 0.5) is 22.7 Å². The topological polar surface area (TPSA) is 120 Å². The molecule has 2 aromatic carbocycles. The zero-order chi connectivity index (χ0) is 18.5. The summed E-state index contributed by atoms with van der Waals surface area (Å²) in [6.07, 6.45) is -0.0796. The first-order chi connectivity index (χ1) is 12.6. The Labute approximate surface area is 156 Å². The summed E-state index contributed by atoms with van der Waals surface area (Å²) in [5.74, 6) is 0.512. The Morgan fingerprint density at radius 3 is 2.50 bits per heavy atom. The van der Waals surface area contributed by atoms with Gasteiger partial charge in [-0.3, -0.25) is 0 Å². The Bertz CT molecular complexity index is 868. The monoisotopic (exact) mass is 370 g/mol. The molecule has 7 heteroatoms. The fraction of sp³-hybridized carbons (Fsp3) is 0.158. The molecular formula is C19H22N4O2S. The Kier molecular flexibility index (Phi) is 5.50. The van der Waals surface area contributed by atoms with Gasteiger partial charge in [-0.25, -0.2) is 0 Å². The number of nitrogen functional groups attached to an aromatic ring is 3. The van der Waals surface area contributed by atoms with Gasteiger partial charge < -0.3 is 32.4 Å². The molecule has 0 aliphatic carbocycles. The van der Waals surface area contributed by atoms with Gasteiger partial charge >= 0.3 is 0 Å². The number of thiophene rings is 1. The summed E-state index contributed by atoms with van der Waals surface area (Å²) in [7, 11) is 0. The van der Waals surface area contributed by atoms with E-state index in [9.17, 15) is 5.11 Å². The average Bonchev–Trinajstić information content (AvgIpc) is 3.13. The van der Waals surface area contributed by atoms with Gasteiger partial charge in [0.05, 0.1) is 5.69 Å². The molecule has 1 heterocycles. The number of rotatable bonds is 7. The molecule has 6 nitrogen and oxygen atoms in total. The van der Waals surface area contributed by atoms with Crippen molar-refractivity contribution in [2.45, 2.75) is 12.6 Å². The van der Waals surface area contributed by atoms with E-state index in [1.165, 1.54) is 0 Å². The molecule has 0 aliphatic heterocycles. The molecule has 0 bridgehead atoms. The van der Waals surface area contributed by atoms with E-state index < -0.39 is 6.23 Å². The van der Waals surface area contributed by atoms with Crippen molar-refractivity contribution in [2.75, 3.05) is 29.1 Å². The minimum Gasteiger partial charge on any atom is -0.468 e. The second-order valence-electron chi connectivity index (χ2n) is 5.88. The largest absolute Gasteiger partial charge is 0.468 e. The molecule has 0 saturated carbocycles. The molecule has 136 valence electrons. The second-order valence-corrected chi connectivity index (χ2v) is 6.66. The lowest BCUT2D eigenvalue weighted by Gasteiger charge is -2.23. The summed E-state index contributed by atoms with van der Waals surface area (Å²) in [5, 5.41) is 16.8. The Balaban J connectivity index is 1.86. The first kappa shape index (κ1) is 17.9. The van der Waals surface area contributed by atoms with E-state index in [2.05, 4.69) is 10.7 Å². The van der Waals surface area contributed by atoms with Crippen LogP contribution in [-0.4, -0.2) is 17.9 Å². The molecule has 26 heavy (non-hydrogen) atoms. The van der Waals surface area contributed by atoms with Gasteiger partial charge in [0, 0.05) is 35.7 Å². The van der Waals surface area contributed by atoms with Crippen LogP contribution in [0.2, 0.25) is 0 Å². The molecular weight excluding hydrogens is 348 g/mol. The van der Waals surface area contributed by atoms with Crippen molar-refractivity contribution in [3.63, 3.8) is 0 Å². The van der Waals surface area contributed by atoms with Crippen molar-refractivity contribution < 1.29 is 9.84 Å². The molecule has 1 atom stereocenters.